The van der Waals surface area contributed by atoms with Crippen molar-refractivity contribution in [3.8, 4) is 0 Å². The first-order valence-electron chi connectivity index (χ1n) is 8.13. The summed E-state index contributed by atoms with van der Waals surface area (Å²) in [5.74, 6) is 0.912. The third-order valence-electron chi connectivity index (χ3n) is 4.08. The van der Waals surface area contributed by atoms with Crippen molar-refractivity contribution in [2.24, 2.45) is 0 Å². The Balaban J connectivity index is 1.66. The highest BCUT2D eigenvalue weighted by Gasteiger charge is 2.18. The van der Waals surface area contributed by atoms with E-state index in [1.165, 1.54) is 12.1 Å². The molecular formula is C17H18Cl2N4O3. The number of non-ortho nitro benzene ring substituents is 1. The van der Waals surface area contributed by atoms with Gasteiger partial charge in [0.2, 0.25) is 0 Å². The fourth-order valence-electron chi connectivity index (χ4n) is 2.76. The van der Waals surface area contributed by atoms with Crippen LogP contribution in [0.2, 0.25) is 10.0 Å². The zero-order valence-corrected chi connectivity index (χ0v) is 15.6. The molecule has 0 amide bonds. The number of morpholine rings is 1. The number of halogens is 2. The van der Waals surface area contributed by atoms with Gasteiger partial charge < -0.3 is 15.0 Å². The van der Waals surface area contributed by atoms with Crippen LogP contribution in [0.4, 0.5) is 17.2 Å². The number of hydrogen-bond acceptors (Lipinski definition) is 6. The van der Waals surface area contributed by atoms with Gasteiger partial charge in [0.25, 0.3) is 5.69 Å². The molecule has 138 valence electrons. The summed E-state index contributed by atoms with van der Waals surface area (Å²) in [6.07, 6.45) is 1.98. The van der Waals surface area contributed by atoms with E-state index in [2.05, 4.69) is 15.2 Å². The number of nitro groups is 1. The monoisotopic (exact) mass is 396 g/mol. The highest BCUT2D eigenvalue weighted by molar-refractivity contribution is 6.39. The van der Waals surface area contributed by atoms with Gasteiger partial charge in [-0.1, -0.05) is 29.3 Å². The molecule has 1 aliphatic heterocycles. The summed E-state index contributed by atoms with van der Waals surface area (Å²) in [5.41, 5.74) is 1.27. The fourth-order valence-corrected chi connectivity index (χ4v) is 3.37. The van der Waals surface area contributed by atoms with E-state index in [0.717, 1.165) is 24.5 Å². The molecule has 0 bridgehead atoms. The van der Waals surface area contributed by atoms with Crippen molar-refractivity contribution in [3.63, 3.8) is 0 Å². The molecule has 0 aliphatic carbocycles. The number of ether oxygens (including phenoxy) is 1. The van der Waals surface area contributed by atoms with Crippen LogP contribution in [0.1, 0.15) is 12.5 Å². The maximum Gasteiger partial charge on any atom is 0.272 e. The minimum absolute atomic E-state index is 0.142. The third kappa shape index (κ3) is 4.35. The van der Waals surface area contributed by atoms with Gasteiger partial charge in [0.15, 0.2) is 0 Å². The molecule has 1 atom stereocenters. The van der Waals surface area contributed by atoms with E-state index in [1.807, 2.05) is 19.1 Å². The first-order valence-corrected chi connectivity index (χ1v) is 8.88. The summed E-state index contributed by atoms with van der Waals surface area (Å²) in [7, 11) is 0. The lowest BCUT2D eigenvalue weighted by Gasteiger charge is -2.32. The molecule has 2 heterocycles. The minimum atomic E-state index is -0.531. The van der Waals surface area contributed by atoms with Crippen molar-refractivity contribution >= 4 is 40.4 Å². The average molecular weight is 397 g/mol. The zero-order valence-electron chi connectivity index (χ0n) is 14.1. The first-order chi connectivity index (χ1) is 12.4. The Kier molecular flexibility index (Phi) is 5.80. The highest BCUT2D eigenvalue weighted by atomic mass is 35.5. The van der Waals surface area contributed by atoms with Gasteiger partial charge in [-0.3, -0.25) is 10.1 Å². The zero-order chi connectivity index (χ0) is 18.7. The molecule has 3 rings (SSSR count). The molecule has 26 heavy (non-hydrogen) atoms. The number of aromatic nitrogens is 1. The van der Waals surface area contributed by atoms with E-state index in [0.29, 0.717) is 18.8 Å². The summed E-state index contributed by atoms with van der Waals surface area (Å²) in [5, 5.41) is 14.3. The maximum atomic E-state index is 10.8. The smallest absolute Gasteiger partial charge is 0.272 e. The van der Waals surface area contributed by atoms with Crippen LogP contribution in [0, 0.1) is 10.1 Å². The predicted octanol–water partition coefficient (Wildman–Crippen LogP) is 4.13. The van der Waals surface area contributed by atoms with Gasteiger partial charge in [-0.15, -0.1) is 0 Å². The Bertz CT molecular complexity index is 778. The Morgan fingerprint density at radius 2 is 2.12 bits per heavy atom. The number of benzene rings is 1. The lowest BCUT2D eigenvalue weighted by atomic mass is 10.2. The van der Waals surface area contributed by atoms with Gasteiger partial charge in [0.05, 0.1) is 33.4 Å². The topological polar surface area (TPSA) is 80.5 Å². The largest absolute Gasteiger partial charge is 0.378 e. The summed E-state index contributed by atoms with van der Waals surface area (Å²) in [4.78, 5) is 17.0. The van der Waals surface area contributed by atoms with Crippen LogP contribution in [0.15, 0.2) is 30.5 Å². The van der Waals surface area contributed by atoms with Crippen LogP contribution in [-0.4, -0.2) is 35.7 Å². The number of hydrogen-bond donors (Lipinski definition) is 1. The molecule has 0 radical (unpaired) electrons. The van der Waals surface area contributed by atoms with E-state index >= 15 is 0 Å². The van der Waals surface area contributed by atoms with Gasteiger partial charge in [-0.25, -0.2) is 4.98 Å². The lowest BCUT2D eigenvalue weighted by molar-refractivity contribution is -0.384. The molecule has 0 saturated carbocycles. The molecule has 1 aromatic heterocycles. The van der Waals surface area contributed by atoms with Crippen LogP contribution in [-0.2, 0) is 11.3 Å². The molecule has 2 aromatic rings. The van der Waals surface area contributed by atoms with Crippen molar-refractivity contribution in [3.05, 3.63) is 56.2 Å². The summed E-state index contributed by atoms with van der Waals surface area (Å²) in [6.45, 7) is 4.83. The number of nitrogens with one attached hydrogen (secondary N) is 1. The fraction of sp³-hybridized carbons (Fsp3) is 0.353. The Labute approximate surface area is 161 Å². The van der Waals surface area contributed by atoms with Crippen LogP contribution in [0.5, 0.6) is 0 Å². The molecule has 0 spiro atoms. The summed E-state index contributed by atoms with van der Waals surface area (Å²) in [6, 6.07) is 6.49. The second kappa shape index (κ2) is 8.07. The molecule has 1 fully saturated rings. The van der Waals surface area contributed by atoms with E-state index in [-0.39, 0.29) is 21.8 Å². The minimum Gasteiger partial charge on any atom is -0.378 e. The van der Waals surface area contributed by atoms with E-state index in [9.17, 15) is 10.1 Å². The van der Waals surface area contributed by atoms with Gasteiger partial charge in [0.1, 0.15) is 5.82 Å². The summed E-state index contributed by atoms with van der Waals surface area (Å²) >= 11 is 12.2. The third-order valence-corrected chi connectivity index (χ3v) is 4.68. The van der Waals surface area contributed by atoms with E-state index < -0.39 is 4.92 Å². The van der Waals surface area contributed by atoms with Gasteiger partial charge >= 0.3 is 0 Å². The molecule has 1 N–H and O–H groups in total. The van der Waals surface area contributed by atoms with Gasteiger partial charge in [-0.05, 0) is 18.6 Å². The second-order valence-corrected chi connectivity index (χ2v) is 6.86. The standard InChI is InChI=1S/C17H18Cl2N4O3/c1-11-10-22(4-5-26-11)16-3-2-12(8-20-16)9-21-17-14(18)6-13(23(24)25)7-15(17)19/h2-3,6-8,11,21H,4-5,9-10H2,1H3. The van der Waals surface area contributed by atoms with Crippen molar-refractivity contribution in [1.29, 1.82) is 0 Å². The SMILES string of the molecule is CC1CN(c2ccc(CNc3c(Cl)cc([N+](=O)[O-])cc3Cl)cn2)CCO1. The van der Waals surface area contributed by atoms with Crippen LogP contribution in [0.3, 0.4) is 0 Å². The first kappa shape index (κ1) is 18.7. The number of nitro benzene ring substituents is 1. The van der Waals surface area contributed by atoms with Crippen molar-refractivity contribution in [2.45, 2.75) is 19.6 Å². The van der Waals surface area contributed by atoms with Crippen LogP contribution in [0.25, 0.3) is 0 Å². The van der Waals surface area contributed by atoms with Crippen molar-refractivity contribution in [2.75, 3.05) is 29.9 Å². The number of pyridine rings is 1. The Morgan fingerprint density at radius 1 is 1.38 bits per heavy atom. The average Bonchev–Trinajstić information content (AvgIpc) is 2.61. The Hall–Kier alpha value is -2.09. The molecule has 9 heteroatoms. The van der Waals surface area contributed by atoms with E-state index in [4.69, 9.17) is 27.9 Å². The Morgan fingerprint density at radius 3 is 2.69 bits per heavy atom. The number of rotatable bonds is 5. The molecule has 1 unspecified atom stereocenters. The van der Waals surface area contributed by atoms with Gasteiger partial charge in [-0.2, -0.15) is 0 Å². The van der Waals surface area contributed by atoms with E-state index in [1.54, 1.807) is 6.20 Å². The van der Waals surface area contributed by atoms with Crippen LogP contribution >= 0.6 is 23.2 Å². The number of anilines is 2. The lowest BCUT2D eigenvalue weighted by Crippen LogP contribution is -2.41. The molecular weight excluding hydrogens is 379 g/mol. The normalized spacial score (nSPS) is 17.2. The van der Waals surface area contributed by atoms with Crippen LogP contribution < -0.4 is 10.2 Å². The quantitative estimate of drug-likeness (QED) is 0.604. The summed E-state index contributed by atoms with van der Waals surface area (Å²) < 4.78 is 5.54. The molecule has 1 saturated heterocycles. The highest BCUT2D eigenvalue weighted by Crippen LogP contribution is 2.35. The molecule has 1 aliphatic rings. The predicted molar refractivity (Wildman–Crippen MR) is 102 cm³/mol. The second-order valence-electron chi connectivity index (χ2n) is 6.05. The van der Waals surface area contributed by atoms with Crippen molar-refractivity contribution in [1.82, 2.24) is 4.98 Å². The maximum absolute atomic E-state index is 10.8. The molecule has 1 aromatic carbocycles. The van der Waals surface area contributed by atoms with Crippen molar-refractivity contribution < 1.29 is 9.66 Å². The molecule has 7 nitrogen and oxygen atoms in total. The van der Waals surface area contributed by atoms with Gasteiger partial charge in [0, 0.05) is 38.0 Å². The number of nitrogens with zero attached hydrogens (tertiary/aromatic N) is 3.